The number of aliphatic hydroxyl groups is 1. The van der Waals surface area contributed by atoms with Crippen LogP contribution in [0.4, 0.5) is 0 Å². The minimum absolute atomic E-state index is 0.0691. The highest BCUT2D eigenvalue weighted by Gasteiger charge is 2.44. The second kappa shape index (κ2) is 7.91. The van der Waals surface area contributed by atoms with Gasteiger partial charge in [-0.25, -0.2) is 0 Å². The molecular weight excluding hydrogens is 334 g/mol. The molecule has 3 rings (SSSR count). The van der Waals surface area contributed by atoms with Crippen molar-refractivity contribution < 1.29 is 24.2 Å². The Hall–Kier alpha value is -2.34. The van der Waals surface area contributed by atoms with Crippen molar-refractivity contribution in [2.24, 2.45) is 0 Å². The molecule has 1 N–H and O–H groups in total. The summed E-state index contributed by atoms with van der Waals surface area (Å²) in [5.74, 6) is -0.507. The molecule has 0 bridgehead atoms. The zero-order chi connectivity index (χ0) is 18.7. The summed E-state index contributed by atoms with van der Waals surface area (Å²) < 4.78 is 11.2. The Bertz CT molecular complexity index is 721. The predicted molar refractivity (Wildman–Crippen MR) is 96.0 cm³/mol. The second-order valence-electron chi connectivity index (χ2n) is 6.54. The van der Waals surface area contributed by atoms with Gasteiger partial charge in [0.1, 0.15) is 5.75 Å². The third kappa shape index (κ3) is 3.46. The van der Waals surface area contributed by atoms with Gasteiger partial charge in [-0.05, 0) is 37.5 Å². The van der Waals surface area contributed by atoms with E-state index in [1.807, 2.05) is 31.2 Å². The molecule has 2 unspecified atom stereocenters. The molecule has 6 heteroatoms. The van der Waals surface area contributed by atoms with Gasteiger partial charge in [0.15, 0.2) is 11.5 Å². The van der Waals surface area contributed by atoms with Crippen LogP contribution in [0.5, 0.6) is 5.75 Å². The van der Waals surface area contributed by atoms with Gasteiger partial charge in [-0.3, -0.25) is 9.59 Å². The predicted octanol–water partition coefficient (Wildman–Crippen LogP) is 2.94. The summed E-state index contributed by atoms with van der Waals surface area (Å²) >= 11 is 0. The molecule has 1 aromatic carbocycles. The number of hydrogen-bond acceptors (Lipinski definition) is 5. The van der Waals surface area contributed by atoms with Gasteiger partial charge in [0.25, 0.3) is 5.91 Å². The SMILES string of the molecule is CCOc1cccc(C2C(C(=O)CC)=C(O)C(=O)N2CC2CCCO2)c1. The van der Waals surface area contributed by atoms with Gasteiger partial charge in [0.2, 0.25) is 0 Å². The van der Waals surface area contributed by atoms with Crippen LogP contribution in [0.2, 0.25) is 0 Å². The number of benzene rings is 1. The van der Waals surface area contributed by atoms with Crippen molar-refractivity contribution in [2.45, 2.75) is 45.3 Å². The van der Waals surface area contributed by atoms with Crippen molar-refractivity contribution >= 4 is 11.7 Å². The van der Waals surface area contributed by atoms with Crippen LogP contribution < -0.4 is 4.74 Å². The number of amides is 1. The summed E-state index contributed by atoms with van der Waals surface area (Å²) in [7, 11) is 0. The molecule has 1 amide bonds. The molecule has 0 aliphatic carbocycles. The molecule has 0 saturated carbocycles. The smallest absolute Gasteiger partial charge is 0.290 e. The maximum absolute atomic E-state index is 12.7. The molecular formula is C20H25NO5. The number of carbonyl (C=O) groups excluding carboxylic acids is 2. The van der Waals surface area contributed by atoms with Crippen molar-refractivity contribution in [1.82, 2.24) is 4.90 Å². The van der Waals surface area contributed by atoms with E-state index in [4.69, 9.17) is 9.47 Å². The van der Waals surface area contributed by atoms with Gasteiger partial charge in [-0.2, -0.15) is 0 Å². The highest BCUT2D eigenvalue weighted by Crippen LogP contribution is 2.39. The zero-order valence-electron chi connectivity index (χ0n) is 15.2. The maximum Gasteiger partial charge on any atom is 0.290 e. The number of aliphatic hydroxyl groups excluding tert-OH is 1. The summed E-state index contributed by atoms with van der Waals surface area (Å²) in [6.45, 7) is 5.18. The lowest BCUT2D eigenvalue weighted by atomic mass is 9.94. The van der Waals surface area contributed by atoms with Gasteiger partial charge >= 0.3 is 0 Å². The highest BCUT2D eigenvalue weighted by molar-refractivity contribution is 6.08. The molecule has 2 atom stereocenters. The fourth-order valence-electron chi connectivity index (χ4n) is 3.61. The molecule has 2 aliphatic heterocycles. The lowest BCUT2D eigenvalue weighted by Gasteiger charge is -2.29. The van der Waals surface area contributed by atoms with Crippen LogP contribution in [0.1, 0.15) is 44.7 Å². The summed E-state index contributed by atoms with van der Waals surface area (Å²) in [5, 5.41) is 10.4. The van der Waals surface area contributed by atoms with E-state index < -0.39 is 17.7 Å². The topological polar surface area (TPSA) is 76.1 Å². The zero-order valence-corrected chi connectivity index (χ0v) is 15.2. The van der Waals surface area contributed by atoms with E-state index in [1.165, 1.54) is 0 Å². The first kappa shape index (κ1) is 18.5. The molecule has 2 heterocycles. The minimum atomic E-state index is -0.612. The Morgan fingerprint density at radius 3 is 2.85 bits per heavy atom. The second-order valence-corrected chi connectivity index (χ2v) is 6.54. The van der Waals surface area contributed by atoms with E-state index in [0.29, 0.717) is 25.5 Å². The van der Waals surface area contributed by atoms with Crippen LogP contribution >= 0.6 is 0 Å². The number of rotatable bonds is 7. The third-order valence-electron chi connectivity index (χ3n) is 4.83. The molecule has 0 radical (unpaired) electrons. The molecule has 0 spiro atoms. The van der Waals surface area contributed by atoms with E-state index >= 15 is 0 Å². The summed E-state index contributed by atoms with van der Waals surface area (Å²) in [4.78, 5) is 26.7. The van der Waals surface area contributed by atoms with E-state index in [0.717, 1.165) is 18.4 Å². The molecule has 1 saturated heterocycles. The van der Waals surface area contributed by atoms with Crippen LogP contribution in [0.3, 0.4) is 0 Å². The number of hydrogen-bond donors (Lipinski definition) is 1. The number of carbonyl (C=O) groups is 2. The van der Waals surface area contributed by atoms with Crippen LogP contribution in [0.25, 0.3) is 0 Å². The molecule has 1 aromatic rings. The molecule has 6 nitrogen and oxygen atoms in total. The average Bonchev–Trinajstić information content (AvgIpc) is 3.24. The van der Waals surface area contributed by atoms with Crippen LogP contribution in [-0.2, 0) is 14.3 Å². The first-order valence-corrected chi connectivity index (χ1v) is 9.18. The highest BCUT2D eigenvalue weighted by atomic mass is 16.5. The van der Waals surface area contributed by atoms with Crippen molar-refractivity contribution in [3.8, 4) is 5.75 Å². The molecule has 26 heavy (non-hydrogen) atoms. The average molecular weight is 359 g/mol. The number of Topliss-reactive ketones (excluding diaryl/α,β-unsaturated/α-hetero) is 1. The molecule has 140 valence electrons. The fourth-order valence-corrected chi connectivity index (χ4v) is 3.61. The number of ether oxygens (including phenoxy) is 2. The lowest BCUT2D eigenvalue weighted by molar-refractivity contribution is -0.131. The maximum atomic E-state index is 12.7. The van der Waals surface area contributed by atoms with E-state index in [9.17, 15) is 14.7 Å². The summed E-state index contributed by atoms with van der Waals surface area (Å²) in [6, 6.07) is 6.73. The quantitative estimate of drug-likeness (QED) is 0.810. The monoisotopic (exact) mass is 359 g/mol. The number of ketones is 1. The lowest BCUT2D eigenvalue weighted by Crippen LogP contribution is -2.37. The Morgan fingerprint density at radius 1 is 1.38 bits per heavy atom. The van der Waals surface area contributed by atoms with Gasteiger partial charge in [-0.15, -0.1) is 0 Å². The van der Waals surface area contributed by atoms with Crippen molar-refractivity contribution in [3.05, 3.63) is 41.2 Å². The number of nitrogens with zero attached hydrogens (tertiary/aromatic N) is 1. The van der Waals surface area contributed by atoms with Crippen molar-refractivity contribution in [2.75, 3.05) is 19.8 Å². The van der Waals surface area contributed by atoms with Crippen molar-refractivity contribution in [3.63, 3.8) is 0 Å². The Morgan fingerprint density at radius 2 is 2.19 bits per heavy atom. The van der Waals surface area contributed by atoms with E-state index in [1.54, 1.807) is 11.8 Å². The summed E-state index contributed by atoms with van der Waals surface area (Å²) in [6.07, 6.45) is 1.98. The Balaban J connectivity index is 1.99. The normalized spacial score (nSPS) is 23.0. The van der Waals surface area contributed by atoms with Crippen molar-refractivity contribution in [1.29, 1.82) is 0 Å². The van der Waals surface area contributed by atoms with Crippen LogP contribution in [0, 0.1) is 0 Å². The first-order chi connectivity index (χ1) is 12.6. The fraction of sp³-hybridized carbons (Fsp3) is 0.500. The third-order valence-corrected chi connectivity index (χ3v) is 4.83. The Kier molecular flexibility index (Phi) is 5.61. The standard InChI is InChI=1S/C20H25NO5/c1-3-16(22)17-18(13-7-5-8-14(11-13)25-4-2)21(20(24)19(17)23)12-15-9-6-10-26-15/h5,7-8,11,15,18,23H,3-4,6,9-10,12H2,1-2H3. The van der Waals surface area contributed by atoms with Crippen LogP contribution in [-0.4, -0.2) is 47.6 Å². The molecule has 2 aliphatic rings. The largest absolute Gasteiger partial charge is 0.503 e. The van der Waals surface area contributed by atoms with Gasteiger partial charge in [0.05, 0.1) is 24.3 Å². The van der Waals surface area contributed by atoms with E-state index in [2.05, 4.69) is 0 Å². The van der Waals surface area contributed by atoms with Gasteiger partial charge in [-0.1, -0.05) is 19.1 Å². The molecule has 1 fully saturated rings. The first-order valence-electron chi connectivity index (χ1n) is 9.18. The van der Waals surface area contributed by atoms with E-state index in [-0.39, 0.29) is 23.9 Å². The summed E-state index contributed by atoms with van der Waals surface area (Å²) in [5.41, 5.74) is 0.923. The van der Waals surface area contributed by atoms with Crippen LogP contribution in [0.15, 0.2) is 35.6 Å². The Labute approximate surface area is 153 Å². The van der Waals surface area contributed by atoms with Gasteiger partial charge in [0, 0.05) is 19.6 Å². The van der Waals surface area contributed by atoms with Gasteiger partial charge < -0.3 is 19.5 Å². The molecule has 0 aromatic heterocycles. The minimum Gasteiger partial charge on any atom is -0.503 e.